The third-order valence-corrected chi connectivity index (χ3v) is 2.63. The maximum atomic E-state index is 12.0. The fourth-order valence-electron chi connectivity index (χ4n) is 1.65. The van der Waals surface area contributed by atoms with Crippen LogP contribution in [0.1, 0.15) is 10.4 Å². The monoisotopic (exact) mass is 261 g/mol. The first-order chi connectivity index (χ1) is 9.22. The second-order valence-electron chi connectivity index (χ2n) is 3.84. The predicted octanol–water partition coefficient (Wildman–Crippen LogP) is 0.299. The van der Waals surface area contributed by atoms with Crippen molar-refractivity contribution in [1.82, 2.24) is 20.3 Å². The number of nitrogens with zero attached hydrogens (tertiary/aromatic N) is 3. The molecule has 1 aromatic heterocycles. The lowest BCUT2D eigenvalue weighted by molar-refractivity contribution is 0.0952. The number of nitrogen functional groups attached to an aromatic ring is 1. The molecule has 0 bridgehead atoms. The summed E-state index contributed by atoms with van der Waals surface area (Å²) in [5.41, 5.74) is 6.58. The summed E-state index contributed by atoms with van der Waals surface area (Å²) in [5, 5.41) is 10.2. The van der Waals surface area contributed by atoms with Gasteiger partial charge in [0, 0.05) is 12.7 Å². The Morgan fingerprint density at radius 1 is 1.53 bits per heavy atom. The van der Waals surface area contributed by atoms with Crippen molar-refractivity contribution >= 4 is 11.6 Å². The number of nitrogens with two attached hydrogens (primary N) is 1. The van der Waals surface area contributed by atoms with Crippen molar-refractivity contribution < 1.29 is 9.53 Å². The third kappa shape index (κ3) is 3.01. The summed E-state index contributed by atoms with van der Waals surface area (Å²) in [6.07, 6.45) is 3.31. The number of methoxy groups -OCH3 is 1. The molecular formula is C12H15N5O2. The van der Waals surface area contributed by atoms with Gasteiger partial charge in [-0.3, -0.25) is 9.48 Å². The van der Waals surface area contributed by atoms with E-state index in [4.69, 9.17) is 10.5 Å². The predicted molar refractivity (Wildman–Crippen MR) is 69.8 cm³/mol. The second-order valence-corrected chi connectivity index (χ2v) is 3.84. The number of hydrogen-bond donors (Lipinski definition) is 2. The van der Waals surface area contributed by atoms with E-state index in [1.54, 1.807) is 35.3 Å². The molecule has 1 aromatic carbocycles. The Morgan fingerprint density at radius 2 is 2.37 bits per heavy atom. The minimum atomic E-state index is -0.239. The number of para-hydroxylation sites is 1. The van der Waals surface area contributed by atoms with Crippen molar-refractivity contribution in [3.8, 4) is 5.75 Å². The topological polar surface area (TPSA) is 95.1 Å². The van der Waals surface area contributed by atoms with Crippen LogP contribution in [-0.2, 0) is 6.54 Å². The normalized spacial score (nSPS) is 10.2. The number of anilines is 1. The largest absolute Gasteiger partial charge is 0.495 e. The molecule has 0 saturated carbocycles. The van der Waals surface area contributed by atoms with Crippen LogP contribution in [0, 0.1) is 0 Å². The lowest BCUT2D eigenvalue weighted by Crippen LogP contribution is -2.28. The Labute approximate surface area is 110 Å². The van der Waals surface area contributed by atoms with Crippen LogP contribution < -0.4 is 15.8 Å². The molecule has 0 unspecified atom stereocenters. The second kappa shape index (κ2) is 5.85. The zero-order valence-electron chi connectivity index (χ0n) is 10.5. The van der Waals surface area contributed by atoms with E-state index in [2.05, 4.69) is 15.6 Å². The first-order valence-corrected chi connectivity index (χ1v) is 5.77. The molecule has 0 atom stereocenters. The van der Waals surface area contributed by atoms with Crippen molar-refractivity contribution in [2.24, 2.45) is 0 Å². The average Bonchev–Trinajstić information content (AvgIpc) is 2.92. The van der Waals surface area contributed by atoms with Crippen molar-refractivity contribution in [2.75, 3.05) is 19.4 Å². The number of rotatable bonds is 5. The maximum absolute atomic E-state index is 12.0. The number of ether oxygens (including phenoxy) is 1. The SMILES string of the molecule is COc1cccc(C(=O)NCCn2ccnn2)c1N. The van der Waals surface area contributed by atoms with Gasteiger partial charge in [-0.1, -0.05) is 11.3 Å². The Hall–Kier alpha value is -2.57. The molecule has 7 nitrogen and oxygen atoms in total. The Morgan fingerprint density at radius 3 is 3.05 bits per heavy atom. The van der Waals surface area contributed by atoms with Crippen LogP contribution in [0.25, 0.3) is 0 Å². The molecule has 7 heteroatoms. The van der Waals surface area contributed by atoms with Gasteiger partial charge in [-0.05, 0) is 12.1 Å². The third-order valence-electron chi connectivity index (χ3n) is 2.63. The lowest BCUT2D eigenvalue weighted by atomic mass is 10.1. The van der Waals surface area contributed by atoms with E-state index in [0.717, 1.165) is 0 Å². The summed E-state index contributed by atoms with van der Waals surface area (Å²) in [4.78, 5) is 12.0. The number of carbonyl (C=O) groups excluding carboxylic acids is 1. The molecule has 1 heterocycles. The first kappa shape index (κ1) is 12.9. The smallest absolute Gasteiger partial charge is 0.253 e. The molecule has 1 amide bonds. The molecule has 0 aliphatic heterocycles. The van der Waals surface area contributed by atoms with Crippen LogP contribution in [0.2, 0.25) is 0 Å². The number of carbonyl (C=O) groups is 1. The molecule has 0 aliphatic carbocycles. The van der Waals surface area contributed by atoms with E-state index in [-0.39, 0.29) is 5.91 Å². The molecule has 19 heavy (non-hydrogen) atoms. The van der Waals surface area contributed by atoms with E-state index < -0.39 is 0 Å². The first-order valence-electron chi connectivity index (χ1n) is 5.77. The van der Waals surface area contributed by atoms with E-state index in [9.17, 15) is 4.79 Å². The maximum Gasteiger partial charge on any atom is 0.253 e. The van der Waals surface area contributed by atoms with E-state index >= 15 is 0 Å². The van der Waals surface area contributed by atoms with Crippen LogP contribution in [0.4, 0.5) is 5.69 Å². The van der Waals surface area contributed by atoms with Crippen molar-refractivity contribution in [3.63, 3.8) is 0 Å². The standard InChI is InChI=1S/C12H15N5O2/c1-19-10-4-2-3-9(11(10)13)12(18)14-5-7-17-8-6-15-16-17/h2-4,6,8H,5,7,13H2,1H3,(H,14,18). The van der Waals surface area contributed by atoms with Gasteiger partial charge >= 0.3 is 0 Å². The van der Waals surface area contributed by atoms with Gasteiger partial charge in [-0.15, -0.1) is 5.10 Å². The van der Waals surface area contributed by atoms with Crippen LogP contribution in [0.3, 0.4) is 0 Å². The molecule has 2 aromatic rings. The fourth-order valence-corrected chi connectivity index (χ4v) is 1.65. The van der Waals surface area contributed by atoms with E-state index in [0.29, 0.717) is 30.1 Å². The Kier molecular flexibility index (Phi) is 3.97. The van der Waals surface area contributed by atoms with Crippen LogP contribution >= 0.6 is 0 Å². The summed E-state index contributed by atoms with van der Waals surface area (Å²) in [5.74, 6) is 0.250. The lowest BCUT2D eigenvalue weighted by Gasteiger charge is -2.10. The zero-order valence-corrected chi connectivity index (χ0v) is 10.5. The summed E-state index contributed by atoms with van der Waals surface area (Å²) < 4.78 is 6.71. The van der Waals surface area contributed by atoms with Crippen molar-refractivity contribution in [3.05, 3.63) is 36.2 Å². The molecule has 100 valence electrons. The summed E-state index contributed by atoms with van der Waals surface area (Å²) >= 11 is 0. The highest BCUT2D eigenvalue weighted by atomic mass is 16.5. The molecule has 3 N–H and O–H groups in total. The molecular weight excluding hydrogens is 246 g/mol. The van der Waals surface area contributed by atoms with Gasteiger partial charge in [-0.2, -0.15) is 0 Å². The van der Waals surface area contributed by atoms with Gasteiger partial charge < -0.3 is 15.8 Å². The molecule has 0 saturated heterocycles. The quantitative estimate of drug-likeness (QED) is 0.755. The van der Waals surface area contributed by atoms with Crippen LogP contribution in [0.5, 0.6) is 5.75 Å². The van der Waals surface area contributed by atoms with Gasteiger partial charge in [0.1, 0.15) is 5.75 Å². The zero-order chi connectivity index (χ0) is 13.7. The number of benzene rings is 1. The van der Waals surface area contributed by atoms with Gasteiger partial charge in [-0.25, -0.2) is 0 Å². The fraction of sp³-hybridized carbons (Fsp3) is 0.250. The van der Waals surface area contributed by atoms with Gasteiger partial charge in [0.05, 0.1) is 31.1 Å². The Bertz CT molecular complexity index is 553. The highest BCUT2D eigenvalue weighted by Crippen LogP contribution is 2.24. The number of aromatic nitrogens is 3. The van der Waals surface area contributed by atoms with E-state index in [1.165, 1.54) is 7.11 Å². The highest BCUT2D eigenvalue weighted by molar-refractivity contribution is 6.00. The minimum absolute atomic E-state index is 0.239. The molecule has 2 rings (SSSR count). The Balaban J connectivity index is 1.96. The van der Waals surface area contributed by atoms with Gasteiger partial charge in [0.25, 0.3) is 5.91 Å². The van der Waals surface area contributed by atoms with E-state index in [1.807, 2.05) is 0 Å². The van der Waals surface area contributed by atoms with Gasteiger partial charge in [0.15, 0.2) is 0 Å². The number of hydrogen-bond acceptors (Lipinski definition) is 5. The number of amides is 1. The van der Waals surface area contributed by atoms with Crippen molar-refractivity contribution in [2.45, 2.75) is 6.54 Å². The summed E-state index contributed by atoms with van der Waals surface area (Å²) in [7, 11) is 1.51. The van der Waals surface area contributed by atoms with Gasteiger partial charge in [0.2, 0.25) is 0 Å². The van der Waals surface area contributed by atoms with Crippen molar-refractivity contribution in [1.29, 1.82) is 0 Å². The highest BCUT2D eigenvalue weighted by Gasteiger charge is 2.12. The average molecular weight is 261 g/mol. The number of nitrogens with one attached hydrogen (secondary N) is 1. The minimum Gasteiger partial charge on any atom is -0.495 e. The molecule has 0 radical (unpaired) electrons. The molecule has 0 fully saturated rings. The van der Waals surface area contributed by atoms with Crippen LogP contribution in [0.15, 0.2) is 30.6 Å². The molecule has 0 spiro atoms. The van der Waals surface area contributed by atoms with Crippen LogP contribution in [-0.4, -0.2) is 34.6 Å². The summed E-state index contributed by atoms with van der Waals surface area (Å²) in [6.45, 7) is 0.995. The molecule has 0 aliphatic rings. The summed E-state index contributed by atoms with van der Waals surface area (Å²) in [6, 6.07) is 5.09.